The number of benzene rings is 1. The second kappa shape index (κ2) is 4.83. The minimum Gasteiger partial charge on any atom is -0.289 e. The second-order valence-electron chi connectivity index (χ2n) is 4.11. The first-order valence-corrected chi connectivity index (χ1v) is 6.65. The first-order valence-electron chi connectivity index (χ1n) is 5.77. The smallest absolute Gasteiger partial charge is 0.275 e. The van der Waals surface area contributed by atoms with Gasteiger partial charge in [-0.1, -0.05) is 18.2 Å². The van der Waals surface area contributed by atoms with E-state index in [1.807, 2.05) is 46.6 Å². The van der Waals surface area contributed by atoms with Crippen molar-refractivity contribution in [3.05, 3.63) is 52.3 Å². The van der Waals surface area contributed by atoms with Gasteiger partial charge in [0.05, 0.1) is 23.1 Å². The average Bonchev–Trinajstić information content (AvgIpc) is 3.06. The fourth-order valence-electron chi connectivity index (χ4n) is 2.04. The molecule has 0 atom stereocenters. The number of aromatic nitrogens is 2. The molecule has 1 aromatic carbocycles. The monoisotopic (exact) mass is 272 g/mol. The Balaban J connectivity index is 1.98. The first-order chi connectivity index (χ1) is 9.29. The normalized spacial score (nSPS) is 10.8. The minimum atomic E-state index is -0.263. The van der Waals surface area contributed by atoms with Crippen molar-refractivity contribution in [3.63, 3.8) is 0 Å². The first kappa shape index (κ1) is 11.9. The molecule has 0 fully saturated rings. The van der Waals surface area contributed by atoms with Crippen molar-refractivity contribution in [2.45, 2.75) is 6.54 Å². The van der Waals surface area contributed by atoms with Gasteiger partial charge in [0.25, 0.3) is 5.91 Å². The number of carbonyl (C=O) groups excluding carboxylic acids is 1. The van der Waals surface area contributed by atoms with E-state index in [2.05, 4.69) is 10.5 Å². The number of hydrogen-bond acceptors (Lipinski definition) is 4. The van der Waals surface area contributed by atoms with Crippen molar-refractivity contribution < 1.29 is 4.79 Å². The predicted molar refractivity (Wildman–Crippen MR) is 74.8 cm³/mol. The lowest BCUT2D eigenvalue weighted by atomic mass is 10.2. The Hall–Kier alpha value is -2.18. The molecule has 5 nitrogen and oxygen atoms in total. The van der Waals surface area contributed by atoms with E-state index >= 15 is 0 Å². The van der Waals surface area contributed by atoms with Crippen LogP contribution in [0.25, 0.3) is 10.9 Å². The van der Waals surface area contributed by atoms with Crippen LogP contribution in [0.5, 0.6) is 0 Å². The molecular formula is C13H12N4OS. The third-order valence-corrected chi connectivity index (χ3v) is 3.91. The molecule has 0 saturated heterocycles. The number of rotatable bonds is 3. The summed E-state index contributed by atoms with van der Waals surface area (Å²) in [6.45, 7) is 0.555. The molecule has 3 N–H and O–H groups in total. The molecule has 0 unspecified atom stereocenters. The Morgan fingerprint density at radius 1 is 1.37 bits per heavy atom. The van der Waals surface area contributed by atoms with Crippen LogP contribution in [-0.4, -0.2) is 15.7 Å². The van der Waals surface area contributed by atoms with Crippen LogP contribution in [-0.2, 0) is 6.54 Å². The number of nitrogen functional groups attached to an aromatic ring is 1. The number of hydrogen-bond donors (Lipinski definition) is 2. The zero-order valence-corrected chi connectivity index (χ0v) is 10.9. The fourth-order valence-corrected chi connectivity index (χ4v) is 2.86. The van der Waals surface area contributed by atoms with E-state index < -0.39 is 0 Å². The highest BCUT2D eigenvalue weighted by molar-refractivity contribution is 7.12. The molecular weight excluding hydrogens is 260 g/mol. The van der Waals surface area contributed by atoms with Crippen LogP contribution in [0.15, 0.2) is 41.9 Å². The molecule has 3 rings (SSSR count). The fraction of sp³-hybridized carbons (Fsp3) is 0.0769. The maximum atomic E-state index is 11.6. The number of carbonyl (C=O) groups is 1. The van der Waals surface area contributed by atoms with Crippen LogP contribution in [0, 0.1) is 0 Å². The summed E-state index contributed by atoms with van der Waals surface area (Å²) in [5, 5.41) is 7.32. The summed E-state index contributed by atoms with van der Waals surface area (Å²) >= 11 is 1.38. The quantitative estimate of drug-likeness (QED) is 0.433. The summed E-state index contributed by atoms with van der Waals surface area (Å²) in [7, 11) is 0. The number of thiophene rings is 1. The van der Waals surface area contributed by atoms with Crippen LogP contribution in [0.3, 0.4) is 0 Å². The third-order valence-electron chi connectivity index (χ3n) is 2.96. The van der Waals surface area contributed by atoms with Gasteiger partial charge in [-0.15, -0.1) is 11.3 Å². The number of nitrogens with zero attached hydrogens (tertiary/aromatic N) is 2. The summed E-state index contributed by atoms with van der Waals surface area (Å²) in [4.78, 5) is 12.3. The Kier molecular flexibility index (Phi) is 3.02. The largest absolute Gasteiger partial charge is 0.289 e. The lowest BCUT2D eigenvalue weighted by Gasteiger charge is -2.04. The van der Waals surface area contributed by atoms with E-state index in [1.165, 1.54) is 11.3 Å². The van der Waals surface area contributed by atoms with Crippen molar-refractivity contribution >= 4 is 28.1 Å². The topological polar surface area (TPSA) is 72.9 Å². The van der Waals surface area contributed by atoms with E-state index in [-0.39, 0.29) is 5.91 Å². The molecule has 0 aliphatic carbocycles. The highest BCUT2D eigenvalue weighted by atomic mass is 32.1. The highest BCUT2D eigenvalue weighted by Gasteiger charge is 2.13. The van der Waals surface area contributed by atoms with Gasteiger partial charge in [0.2, 0.25) is 0 Å². The van der Waals surface area contributed by atoms with Crippen LogP contribution in [0.4, 0.5) is 0 Å². The molecule has 3 aromatic rings. The van der Waals surface area contributed by atoms with Crippen LogP contribution < -0.4 is 11.3 Å². The Morgan fingerprint density at radius 2 is 2.21 bits per heavy atom. The molecule has 0 bridgehead atoms. The lowest BCUT2D eigenvalue weighted by Crippen LogP contribution is -2.30. The molecule has 0 radical (unpaired) electrons. The molecule has 0 saturated carbocycles. The zero-order chi connectivity index (χ0) is 13.2. The maximum absolute atomic E-state index is 11.6. The van der Waals surface area contributed by atoms with E-state index in [0.29, 0.717) is 11.4 Å². The van der Waals surface area contributed by atoms with Crippen LogP contribution in [0.1, 0.15) is 15.2 Å². The van der Waals surface area contributed by atoms with Crippen LogP contribution >= 0.6 is 11.3 Å². The van der Waals surface area contributed by atoms with Gasteiger partial charge in [-0.3, -0.25) is 14.9 Å². The number of amides is 1. The molecule has 96 valence electrons. The van der Waals surface area contributed by atoms with Gasteiger partial charge in [-0.05, 0) is 23.1 Å². The molecule has 0 aliphatic rings. The van der Waals surface area contributed by atoms with E-state index in [4.69, 9.17) is 5.84 Å². The number of nitrogens with one attached hydrogen (secondary N) is 1. The van der Waals surface area contributed by atoms with Gasteiger partial charge >= 0.3 is 0 Å². The Morgan fingerprint density at radius 3 is 3.05 bits per heavy atom. The predicted octanol–water partition coefficient (Wildman–Crippen LogP) is 1.75. The van der Waals surface area contributed by atoms with E-state index in [1.54, 1.807) is 0 Å². The van der Waals surface area contributed by atoms with Gasteiger partial charge in [-0.2, -0.15) is 5.10 Å². The summed E-state index contributed by atoms with van der Waals surface area (Å²) in [6, 6.07) is 9.90. The number of para-hydroxylation sites is 1. The molecule has 1 amide bonds. The van der Waals surface area contributed by atoms with Crippen molar-refractivity contribution in [2.24, 2.45) is 5.84 Å². The summed E-state index contributed by atoms with van der Waals surface area (Å²) in [5.74, 6) is 4.92. The molecule has 2 heterocycles. The van der Waals surface area contributed by atoms with E-state index in [9.17, 15) is 4.79 Å². The van der Waals surface area contributed by atoms with Gasteiger partial charge < -0.3 is 0 Å². The Bertz CT molecular complexity index is 731. The van der Waals surface area contributed by atoms with Gasteiger partial charge in [-0.25, -0.2) is 5.84 Å². The third kappa shape index (κ3) is 2.11. The molecule has 0 spiro atoms. The molecule has 19 heavy (non-hydrogen) atoms. The highest BCUT2D eigenvalue weighted by Crippen LogP contribution is 2.20. The van der Waals surface area contributed by atoms with Gasteiger partial charge in [0.15, 0.2) is 0 Å². The summed E-state index contributed by atoms with van der Waals surface area (Å²) in [6.07, 6.45) is 1.82. The number of hydrazine groups is 1. The minimum absolute atomic E-state index is 0.263. The summed E-state index contributed by atoms with van der Waals surface area (Å²) in [5.41, 5.74) is 4.13. The number of fused-ring (bicyclic) bond motifs is 1. The van der Waals surface area contributed by atoms with Crippen molar-refractivity contribution in [2.75, 3.05) is 0 Å². The van der Waals surface area contributed by atoms with Crippen molar-refractivity contribution in [1.82, 2.24) is 15.2 Å². The Labute approximate surface area is 113 Å². The van der Waals surface area contributed by atoms with Crippen molar-refractivity contribution in [1.29, 1.82) is 0 Å². The molecule has 0 aliphatic heterocycles. The van der Waals surface area contributed by atoms with Crippen molar-refractivity contribution in [3.8, 4) is 0 Å². The summed E-state index contributed by atoms with van der Waals surface area (Å²) < 4.78 is 1.88. The SMILES string of the molecule is NNC(=O)c1sccc1Cn1ncc2ccccc21. The average molecular weight is 272 g/mol. The second-order valence-corrected chi connectivity index (χ2v) is 5.03. The lowest BCUT2D eigenvalue weighted by molar-refractivity contribution is 0.0957. The van der Waals surface area contributed by atoms with Gasteiger partial charge in [0, 0.05) is 5.39 Å². The zero-order valence-electron chi connectivity index (χ0n) is 10.0. The molecule has 6 heteroatoms. The van der Waals surface area contributed by atoms with Crippen LogP contribution in [0.2, 0.25) is 0 Å². The standard InChI is InChI=1S/C13H12N4OS/c14-16-13(18)12-10(5-6-19-12)8-17-11-4-2-1-3-9(11)7-15-17/h1-7H,8,14H2,(H,16,18). The van der Waals surface area contributed by atoms with E-state index in [0.717, 1.165) is 16.5 Å². The maximum Gasteiger partial charge on any atom is 0.275 e. The van der Waals surface area contributed by atoms with Gasteiger partial charge in [0.1, 0.15) is 0 Å². The molecule has 2 aromatic heterocycles. The number of nitrogens with two attached hydrogens (primary N) is 1.